The number of benzene rings is 2. The first-order valence-corrected chi connectivity index (χ1v) is 13.6. The van der Waals surface area contributed by atoms with Gasteiger partial charge in [-0.1, -0.05) is 35.5 Å². The molecule has 7 nitrogen and oxygen atoms in total. The standard InChI is InChI=1S/C22H23ClN4O3S2/c23-16-4-2-6-18(12-16)26-7-9-27(10-8-26)21(28)15-3-1-5-17(11-15)24-22-25-19-13-32(29,30)14-20(19)31-22/h1-6,11-12,19-20H,7-10,13-14H2,(H,24,25)/t19-,20-/m1/s1. The summed E-state index contributed by atoms with van der Waals surface area (Å²) >= 11 is 7.57. The Balaban J connectivity index is 1.21. The van der Waals surface area contributed by atoms with Crippen molar-refractivity contribution in [3.63, 3.8) is 0 Å². The van der Waals surface area contributed by atoms with E-state index < -0.39 is 9.84 Å². The van der Waals surface area contributed by atoms with Gasteiger partial charge in [-0.25, -0.2) is 8.42 Å². The summed E-state index contributed by atoms with van der Waals surface area (Å²) in [4.78, 5) is 21.7. The highest BCUT2D eigenvalue weighted by molar-refractivity contribution is 8.15. The molecule has 2 saturated heterocycles. The number of carbonyl (C=O) groups excluding carboxylic acids is 1. The number of rotatable bonds is 3. The zero-order chi connectivity index (χ0) is 22.3. The number of amidine groups is 1. The number of piperazine rings is 1. The van der Waals surface area contributed by atoms with Crippen LogP contribution in [0.15, 0.2) is 53.5 Å². The third kappa shape index (κ3) is 4.60. The summed E-state index contributed by atoms with van der Waals surface area (Å²) in [7, 11) is -2.97. The number of aliphatic imine (C=N–C) groups is 1. The summed E-state index contributed by atoms with van der Waals surface area (Å²) in [6, 6.07) is 15.0. The molecule has 0 aliphatic carbocycles. The van der Waals surface area contributed by atoms with Gasteiger partial charge in [0, 0.05) is 53.4 Å². The zero-order valence-corrected chi connectivity index (χ0v) is 19.7. The lowest BCUT2D eigenvalue weighted by Gasteiger charge is -2.36. The van der Waals surface area contributed by atoms with Gasteiger partial charge in [-0.2, -0.15) is 0 Å². The molecule has 0 bridgehead atoms. The molecule has 32 heavy (non-hydrogen) atoms. The number of sulfone groups is 1. The summed E-state index contributed by atoms with van der Waals surface area (Å²) < 4.78 is 23.5. The number of nitrogens with one attached hydrogen (secondary N) is 1. The molecule has 1 amide bonds. The second-order valence-electron chi connectivity index (χ2n) is 8.20. The number of amides is 1. The van der Waals surface area contributed by atoms with Gasteiger partial charge >= 0.3 is 0 Å². The molecular weight excluding hydrogens is 468 g/mol. The third-order valence-corrected chi connectivity index (χ3v) is 9.30. The number of hydrogen-bond acceptors (Lipinski definition) is 7. The molecule has 0 radical (unpaired) electrons. The number of carbonyl (C=O) groups is 1. The minimum absolute atomic E-state index is 0.00312. The van der Waals surface area contributed by atoms with Gasteiger partial charge in [0.2, 0.25) is 0 Å². The first-order chi connectivity index (χ1) is 15.4. The number of halogens is 1. The Morgan fingerprint density at radius 1 is 1.06 bits per heavy atom. The average Bonchev–Trinajstić information content (AvgIpc) is 3.26. The van der Waals surface area contributed by atoms with Crippen molar-refractivity contribution in [2.45, 2.75) is 11.3 Å². The molecule has 168 valence electrons. The fourth-order valence-electron chi connectivity index (χ4n) is 4.29. The van der Waals surface area contributed by atoms with Crippen molar-refractivity contribution in [1.82, 2.24) is 4.90 Å². The number of anilines is 2. The van der Waals surface area contributed by atoms with Gasteiger partial charge in [-0.05, 0) is 36.4 Å². The first kappa shape index (κ1) is 21.6. The van der Waals surface area contributed by atoms with Crippen LogP contribution in [0, 0.1) is 0 Å². The SMILES string of the molecule is O=C(c1cccc(NC2=N[C@@H]3CS(=O)(=O)C[C@H]3S2)c1)N1CCN(c2cccc(Cl)c2)CC1. The quantitative estimate of drug-likeness (QED) is 0.712. The van der Waals surface area contributed by atoms with E-state index in [4.69, 9.17) is 11.6 Å². The predicted octanol–water partition coefficient (Wildman–Crippen LogP) is 2.98. The molecule has 2 fully saturated rings. The highest BCUT2D eigenvalue weighted by Gasteiger charge is 2.42. The van der Waals surface area contributed by atoms with Crippen LogP contribution in [-0.4, -0.2) is 73.4 Å². The molecule has 1 N–H and O–H groups in total. The topological polar surface area (TPSA) is 82.1 Å². The van der Waals surface area contributed by atoms with Crippen molar-refractivity contribution in [2.24, 2.45) is 4.99 Å². The molecule has 0 saturated carbocycles. The molecule has 2 aromatic carbocycles. The van der Waals surface area contributed by atoms with E-state index in [1.54, 1.807) is 0 Å². The van der Waals surface area contributed by atoms with Crippen LogP contribution in [-0.2, 0) is 9.84 Å². The van der Waals surface area contributed by atoms with Crippen LogP contribution >= 0.6 is 23.4 Å². The number of fused-ring (bicyclic) bond motifs is 1. The Labute approximate surface area is 196 Å². The molecule has 2 aromatic rings. The monoisotopic (exact) mass is 490 g/mol. The molecule has 0 spiro atoms. The molecule has 5 rings (SSSR count). The van der Waals surface area contributed by atoms with E-state index in [-0.39, 0.29) is 28.7 Å². The molecule has 3 heterocycles. The van der Waals surface area contributed by atoms with E-state index in [2.05, 4.69) is 15.2 Å². The third-order valence-electron chi connectivity index (χ3n) is 5.92. The molecule has 0 aromatic heterocycles. The van der Waals surface area contributed by atoms with Gasteiger partial charge < -0.3 is 15.1 Å². The van der Waals surface area contributed by atoms with Gasteiger partial charge in [-0.3, -0.25) is 9.79 Å². The highest BCUT2D eigenvalue weighted by atomic mass is 35.5. The summed E-state index contributed by atoms with van der Waals surface area (Å²) in [5.41, 5.74) is 2.48. The van der Waals surface area contributed by atoms with Crippen LogP contribution in [0.1, 0.15) is 10.4 Å². The van der Waals surface area contributed by atoms with Crippen LogP contribution in [0.3, 0.4) is 0 Å². The van der Waals surface area contributed by atoms with Gasteiger partial charge in [0.25, 0.3) is 5.91 Å². The number of thioether (sulfide) groups is 1. The van der Waals surface area contributed by atoms with Crippen molar-refractivity contribution in [2.75, 3.05) is 47.9 Å². The summed E-state index contributed by atoms with van der Waals surface area (Å²) in [5.74, 6) is 0.301. The Bertz CT molecular complexity index is 1180. The maximum atomic E-state index is 13.1. The maximum Gasteiger partial charge on any atom is 0.254 e. The van der Waals surface area contributed by atoms with Crippen molar-refractivity contribution >= 4 is 55.6 Å². The highest BCUT2D eigenvalue weighted by Crippen LogP contribution is 2.34. The van der Waals surface area contributed by atoms with Gasteiger partial charge in [-0.15, -0.1) is 0 Å². The fourth-order valence-corrected chi connectivity index (χ4v) is 8.15. The predicted molar refractivity (Wildman–Crippen MR) is 131 cm³/mol. The Kier molecular flexibility index (Phi) is 5.81. The van der Waals surface area contributed by atoms with Gasteiger partial charge in [0.1, 0.15) is 0 Å². The molecule has 10 heteroatoms. The van der Waals surface area contributed by atoms with Crippen LogP contribution < -0.4 is 10.2 Å². The lowest BCUT2D eigenvalue weighted by Crippen LogP contribution is -2.48. The Morgan fingerprint density at radius 3 is 2.59 bits per heavy atom. The van der Waals surface area contributed by atoms with E-state index in [0.717, 1.165) is 29.6 Å². The zero-order valence-electron chi connectivity index (χ0n) is 17.3. The van der Waals surface area contributed by atoms with Crippen molar-refractivity contribution in [3.05, 3.63) is 59.1 Å². The van der Waals surface area contributed by atoms with Crippen molar-refractivity contribution in [3.8, 4) is 0 Å². The molecule has 3 aliphatic rings. The molecule has 2 atom stereocenters. The number of hydrogen-bond donors (Lipinski definition) is 1. The normalized spacial score (nSPS) is 24.2. The fraction of sp³-hybridized carbons (Fsp3) is 0.364. The lowest BCUT2D eigenvalue weighted by atomic mass is 10.1. The lowest BCUT2D eigenvalue weighted by molar-refractivity contribution is 0.0747. The van der Waals surface area contributed by atoms with E-state index >= 15 is 0 Å². The van der Waals surface area contributed by atoms with E-state index in [1.807, 2.05) is 53.4 Å². The molecule has 0 unspecified atom stereocenters. The summed E-state index contributed by atoms with van der Waals surface area (Å²) in [6.45, 7) is 2.79. The molecular formula is C22H23ClN4O3S2. The Hall–Kier alpha value is -2.23. The van der Waals surface area contributed by atoms with E-state index in [1.165, 1.54) is 11.8 Å². The van der Waals surface area contributed by atoms with E-state index in [9.17, 15) is 13.2 Å². The summed E-state index contributed by atoms with van der Waals surface area (Å²) in [5, 5.41) is 4.67. The number of nitrogens with zero attached hydrogens (tertiary/aromatic N) is 3. The minimum Gasteiger partial charge on any atom is -0.368 e. The van der Waals surface area contributed by atoms with Crippen LogP contribution in [0.2, 0.25) is 5.02 Å². The second-order valence-corrected chi connectivity index (χ2v) is 12.0. The second kappa shape index (κ2) is 8.61. The van der Waals surface area contributed by atoms with Crippen LogP contribution in [0.5, 0.6) is 0 Å². The first-order valence-electron chi connectivity index (χ1n) is 10.5. The summed E-state index contributed by atoms with van der Waals surface area (Å²) in [6.07, 6.45) is 0. The van der Waals surface area contributed by atoms with Crippen LogP contribution in [0.25, 0.3) is 0 Å². The largest absolute Gasteiger partial charge is 0.368 e. The smallest absolute Gasteiger partial charge is 0.254 e. The van der Waals surface area contributed by atoms with E-state index in [0.29, 0.717) is 23.7 Å². The maximum absolute atomic E-state index is 13.1. The minimum atomic E-state index is -2.97. The Morgan fingerprint density at radius 2 is 1.84 bits per heavy atom. The van der Waals surface area contributed by atoms with Gasteiger partial charge in [0.15, 0.2) is 15.0 Å². The van der Waals surface area contributed by atoms with Crippen molar-refractivity contribution < 1.29 is 13.2 Å². The average molecular weight is 491 g/mol. The molecule has 3 aliphatic heterocycles. The van der Waals surface area contributed by atoms with Crippen LogP contribution in [0.4, 0.5) is 11.4 Å². The van der Waals surface area contributed by atoms with Crippen molar-refractivity contribution in [1.29, 1.82) is 0 Å². The van der Waals surface area contributed by atoms with Gasteiger partial charge in [0.05, 0.1) is 17.5 Å².